The lowest BCUT2D eigenvalue weighted by atomic mass is 10.4. The number of amidine groups is 1. The minimum atomic E-state index is 0.690. The minimum Gasteiger partial charge on any atom is -0.378 e. The first-order valence-corrected chi connectivity index (χ1v) is 5.98. The molecular formula is C9H17N3OS. The lowest BCUT2D eigenvalue weighted by Gasteiger charge is -2.29. The SMILES string of the molecule is N=C(SN1CCCC1)N1CCOCC1. The van der Waals surface area contributed by atoms with Crippen LogP contribution < -0.4 is 0 Å². The van der Waals surface area contributed by atoms with Gasteiger partial charge in [0.1, 0.15) is 0 Å². The minimum absolute atomic E-state index is 0.690. The molecule has 2 heterocycles. The Morgan fingerprint density at radius 3 is 2.36 bits per heavy atom. The number of rotatable bonds is 1. The molecule has 4 nitrogen and oxygen atoms in total. The van der Waals surface area contributed by atoms with E-state index >= 15 is 0 Å². The first kappa shape index (κ1) is 10.3. The Labute approximate surface area is 89.2 Å². The van der Waals surface area contributed by atoms with Gasteiger partial charge in [-0.15, -0.1) is 0 Å². The monoisotopic (exact) mass is 215 g/mol. The summed E-state index contributed by atoms with van der Waals surface area (Å²) in [6.45, 7) is 5.56. The summed E-state index contributed by atoms with van der Waals surface area (Å²) in [6.07, 6.45) is 2.56. The molecule has 2 saturated heterocycles. The third-order valence-electron chi connectivity index (χ3n) is 2.58. The van der Waals surface area contributed by atoms with E-state index in [1.54, 1.807) is 11.9 Å². The number of nitrogens with zero attached hydrogens (tertiary/aromatic N) is 2. The zero-order valence-corrected chi connectivity index (χ0v) is 9.18. The molecule has 80 valence electrons. The van der Waals surface area contributed by atoms with Crippen molar-refractivity contribution in [2.75, 3.05) is 39.4 Å². The van der Waals surface area contributed by atoms with Crippen LogP contribution in [0.5, 0.6) is 0 Å². The summed E-state index contributed by atoms with van der Waals surface area (Å²) in [5, 5.41) is 8.63. The Bertz CT molecular complexity index is 200. The van der Waals surface area contributed by atoms with Gasteiger partial charge in [-0.3, -0.25) is 5.41 Å². The molecule has 2 aliphatic heterocycles. The van der Waals surface area contributed by atoms with Gasteiger partial charge in [0.2, 0.25) is 0 Å². The standard InChI is InChI=1S/C9H17N3OS/c10-9(11-5-7-13-8-6-11)14-12-3-1-2-4-12/h10H,1-8H2. The zero-order chi connectivity index (χ0) is 9.80. The first-order chi connectivity index (χ1) is 6.86. The van der Waals surface area contributed by atoms with Gasteiger partial charge in [0.25, 0.3) is 0 Å². The summed E-state index contributed by atoms with van der Waals surface area (Å²) in [5.74, 6) is 0. The van der Waals surface area contributed by atoms with Crippen molar-refractivity contribution in [2.24, 2.45) is 0 Å². The average molecular weight is 215 g/mol. The van der Waals surface area contributed by atoms with E-state index in [9.17, 15) is 0 Å². The summed E-state index contributed by atoms with van der Waals surface area (Å²) in [6, 6.07) is 0. The van der Waals surface area contributed by atoms with Crippen molar-refractivity contribution >= 4 is 17.1 Å². The third-order valence-corrected chi connectivity index (χ3v) is 3.63. The topological polar surface area (TPSA) is 39.6 Å². The Hall–Kier alpha value is -0.260. The molecule has 0 saturated carbocycles. The van der Waals surface area contributed by atoms with E-state index in [1.807, 2.05) is 0 Å². The highest BCUT2D eigenvalue weighted by molar-refractivity contribution is 8.11. The van der Waals surface area contributed by atoms with Crippen LogP contribution in [-0.4, -0.2) is 53.8 Å². The van der Waals surface area contributed by atoms with Crippen LogP contribution in [0.1, 0.15) is 12.8 Å². The van der Waals surface area contributed by atoms with Crippen molar-refractivity contribution in [3.8, 4) is 0 Å². The van der Waals surface area contributed by atoms with Crippen LogP contribution in [0.3, 0.4) is 0 Å². The molecule has 0 aliphatic carbocycles. The molecule has 2 rings (SSSR count). The van der Waals surface area contributed by atoms with Crippen LogP contribution >= 0.6 is 11.9 Å². The fourth-order valence-electron chi connectivity index (χ4n) is 1.73. The van der Waals surface area contributed by atoms with Gasteiger partial charge in [-0.2, -0.15) is 0 Å². The predicted molar refractivity (Wildman–Crippen MR) is 58.5 cm³/mol. The molecule has 0 amide bonds. The molecule has 0 unspecified atom stereocenters. The highest BCUT2D eigenvalue weighted by Crippen LogP contribution is 2.20. The normalized spacial score (nSPS) is 24.1. The molecule has 2 fully saturated rings. The van der Waals surface area contributed by atoms with E-state index in [0.717, 1.165) is 39.4 Å². The average Bonchev–Trinajstić information content (AvgIpc) is 2.72. The molecule has 0 atom stereocenters. The van der Waals surface area contributed by atoms with Gasteiger partial charge in [-0.05, 0) is 24.8 Å². The molecule has 0 bridgehead atoms. The van der Waals surface area contributed by atoms with Gasteiger partial charge in [-0.1, -0.05) is 0 Å². The van der Waals surface area contributed by atoms with Crippen molar-refractivity contribution in [1.29, 1.82) is 5.41 Å². The third kappa shape index (κ3) is 2.62. The Balaban J connectivity index is 1.75. The van der Waals surface area contributed by atoms with Crippen molar-refractivity contribution in [3.63, 3.8) is 0 Å². The molecular weight excluding hydrogens is 198 g/mol. The summed E-state index contributed by atoms with van der Waals surface area (Å²) in [7, 11) is 0. The number of ether oxygens (including phenoxy) is 1. The van der Waals surface area contributed by atoms with Crippen LogP contribution in [0.2, 0.25) is 0 Å². The summed E-state index contributed by atoms with van der Waals surface area (Å²) < 4.78 is 7.55. The maximum Gasteiger partial charge on any atom is 0.172 e. The van der Waals surface area contributed by atoms with Gasteiger partial charge in [-0.25, -0.2) is 4.31 Å². The highest BCUT2D eigenvalue weighted by Gasteiger charge is 2.19. The maximum absolute atomic E-state index is 7.94. The van der Waals surface area contributed by atoms with E-state index in [4.69, 9.17) is 10.1 Å². The van der Waals surface area contributed by atoms with Crippen LogP contribution in [0.15, 0.2) is 0 Å². The second-order valence-corrected chi connectivity index (χ2v) is 4.72. The fraction of sp³-hybridized carbons (Fsp3) is 0.889. The molecule has 0 spiro atoms. The quantitative estimate of drug-likeness (QED) is 0.402. The maximum atomic E-state index is 7.94. The number of nitrogens with one attached hydrogen (secondary N) is 1. The van der Waals surface area contributed by atoms with E-state index in [-0.39, 0.29) is 0 Å². The second kappa shape index (κ2) is 5.00. The van der Waals surface area contributed by atoms with Crippen molar-refractivity contribution < 1.29 is 4.74 Å². The highest BCUT2D eigenvalue weighted by atomic mass is 32.2. The molecule has 2 aliphatic rings. The molecule has 0 radical (unpaired) electrons. The Kier molecular flexibility index (Phi) is 3.67. The van der Waals surface area contributed by atoms with E-state index < -0.39 is 0 Å². The van der Waals surface area contributed by atoms with Crippen molar-refractivity contribution in [2.45, 2.75) is 12.8 Å². The van der Waals surface area contributed by atoms with Crippen LogP contribution in [0.4, 0.5) is 0 Å². The van der Waals surface area contributed by atoms with Crippen molar-refractivity contribution in [1.82, 2.24) is 9.21 Å². The Morgan fingerprint density at radius 2 is 1.71 bits per heavy atom. The predicted octanol–water partition coefficient (Wildman–Crippen LogP) is 0.997. The van der Waals surface area contributed by atoms with E-state index in [2.05, 4.69) is 9.21 Å². The second-order valence-electron chi connectivity index (χ2n) is 3.63. The number of morpholine rings is 1. The Morgan fingerprint density at radius 1 is 1.07 bits per heavy atom. The molecule has 0 aromatic heterocycles. The lowest BCUT2D eigenvalue weighted by Crippen LogP contribution is -2.40. The van der Waals surface area contributed by atoms with Crippen molar-refractivity contribution in [3.05, 3.63) is 0 Å². The van der Waals surface area contributed by atoms with Crippen LogP contribution in [-0.2, 0) is 4.74 Å². The van der Waals surface area contributed by atoms with E-state index in [0.29, 0.717) is 5.17 Å². The molecule has 14 heavy (non-hydrogen) atoms. The van der Waals surface area contributed by atoms with Gasteiger partial charge >= 0.3 is 0 Å². The zero-order valence-electron chi connectivity index (χ0n) is 8.37. The number of hydrogen-bond donors (Lipinski definition) is 1. The lowest BCUT2D eigenvalue weighted by molar-refractivity contribution is 0.0690. The van der Waals surface area contributed by atoms with Crippen LogP contribution in [0.25, 0.3) is 0 Å². The molecule has 0 aromatic carbocycles. The summed E-state index contributed by atoms with van der Waals surface area (Å²) in [4.78, 5) is 2.10. The summed E-state index contributed by atoms with van der Waals surface area (Å²) >= 11 is 1.60. The molecule has 0 aromatic rings. The fourth-order valence-corrected chi connectivity index (χ4v) is 2.71. The summed E-state index contributed by atoms with van der Waals surface area (Å²) in [5.41, 5.74) is 0. The van der Waals surface area contributed by atoms with Crippen LogP contribution in [0, 0.1) is 5.41 Å². The first-order valence-electron chi connectivity index (χ1n) is 5.20. The smallest absolute Gasteiger partial charge is 0.172 e. The van der Waals surface area contributed by atoms with Gasteiger partial charge in [0.05, 0.1) is 13.2 Å². The van der Waals surface area contributed by atoms with E-state index in [1.165, 1.54) is 12.8 Å². The van der Waals surface area contributed by atoms with Gasteiger partial charge in [0.15, 0.2) is 5.17 Å². The van der Waals surface area contributed by atoms with Gasteiger partial charge < -0.3 is 9.64 Å². The van der Waals surface area contributed by atoms with Gasteiger partial charge in [0, 0.05) is 26.2 Å². The largest absolute Gasteiger partial charge is 0.378 e. The molecule has 1 N–H and O–H groups in total. The molecule has 5 heteroatoms. The number of hydrogen-bond acceptors (Lipinski definition) is 4.